The van der Waals surface area contributed by atoms with E-state index < -0.39 is 11.6 Å². The summed E-state index contributed by atoms with van der Waals surface area (Å²) < 4.78 is 31.3. The molecule has 0 amide bonds. The van der Waals surface area contributed by atoms with Crippen molar-refractivity contribution in [3.63, 3.8) is 0 Å². The first-order valence-electron chi connectivity index (χ1n) is 4.86. The highest BCUT2D eigenvalue weighted by atomic mass is 19.1. The molecule has 0 aliphatic rings. The second kappa shape index (κ2) is 5.07. The molecule has 2 N–H and O–H groups in total. The lowest BCUT2D eigenvalue weighted by Gasteiger charge is -2.21. The third kappa shape index (κ3) is 3.16. The highest BCUT2D eigenvalue weighted by Crippen LogP contribution is 2.21. The molecule has 0 bridgehead atoms. The Balaban J connectivity index is 2.82. The van der Waals surface area contributed by atoms with Crippen molar-refractivity contribution >= 4 is 0 Å². The molecule has 1 atom stereocenters. The molecule has 0 radical (unpaired) electrons. The lowest BCUT2D eigenvalue weighted by atomic mass is 10.1. The number of benzene rings is 1. The minimum atomic E-state index is -0.574. The molecule has 0 aliphatic carbocycles. The van der Waals surface area contributed by atoms with Crippen LogP contribution in [0.3, 0.4) is 0 Å². The Morgan fingerprint density at radius 3 is 2.53 bits per heavy atom. The summed E-state index contributed by atoms with van der Waals surface area (Å²) in [6.45, 7) is 4.09. The zero-order chi connectivity index (χ0) is 11.4. The monoisotopic (exact) mass is 215 g/mol. The summed E-state index contributed by atoms with van der Waals surface area (Å²) >= 11 is 0. The smallest absolute Gasteiger partial charge is 0.165 e. The van der Waals surface area contributed by atoms with Crippen molar-refractivity contribution in [2.75, 3.05) is 6.54 Å². The number of halogens is 2. The number of hydrogen-bond donors (Lipinski definition) is 1. The van der Waals surface area contributed by atoms with Gasteiger partial charge in [-0.1, -0.05) is 13.8 Å². The highest BCUT2D eigenvalue weighted by Gasteiger charge is 2.15. The fourth-order valence-electron chi connectivity index (χ4n) is 1.19. The van der Waals surface area contributed by atoms with E-state index in [9.17, 15) is 8.78 Å². The lowest BCUT2D eigenvalue weighted by molar-refractivity contribution is 0.152. The van der Waals surface area contributed by atoms with Crippen molar-refractivity contribution in [3.8, 4) is 5.75 Å². The fourth-order valence-corrected chi connectivity index (χ4v) is 1.19. The van der Waals surface area contributed by atoms with E-state index in [0.29, 0.717) is 0 Å². The molecule has 0 saturated heterocycles. The molecule has 1 rings (SSSR count). The maximum Gasteiger partial charge on any atom is 0.165 e. The van der Waals surface area contributed by atoms with Crippen molar-refractivity contribution in [3.05, 3.63) is 29.8 Å². The van der Waals surface area contributed by atoms with Gasteiger partial charge in [0, 0.05) is 12.6 Å². The zero-order valence-corrected chi connectivity index (χ0v) is 8.84. The molecule has 1 aromatic carbocycles. The van der Waals surface area contributed by atoms with Crippen molar-refractivity contribution in [1.82, 2.24) is 0 Å². The number of rotatable bonds is 4. The Kier molecular flexibility index (Phi) is 4.03. The van der Waals surface area contributed by atoms with Gasteiger partial charge in [-0.2, -0.15) is 0 Å². The van der Waals surface area contributed by atoms with Gasteiger partial charge >= 0.3 is 0 Å². The summed E-state index contributed by atoms with van der Waals surface area (Å²) in [6, 6.07) is 3.12. The fraction of sp³-hybridized carbons (Fsp3) is 0.455. The summed E-state index contributed by atoms with van der Waals surface area (Å²) in [6.07, 6.45) is -0.304. The second-order valence-corrected chi connectivity index (χ2v) is 3.71. The first kappa shape index (κ1) is 11.9. The van der Waals surface area contributed by atoms with Crippen LogP contribution in [0.5, 0.6) is 5.75 Å². The van der Waals surface area contributed by atoms with Gasteiger partial charge in [0.05, 0.1) is 0 Å². The quantitative estimate of drug-likeness (QED) is 0.836. The Morgan fingerprint density at radius 1 is 1.33 bits per heavy atom. The largest absolute Gasteiger partial charge is 0.486 e. The van der Waals surface area contributed by atoms with E-state index in [0.717, 1.165) is 18.2 Å². The van der Waals surface area contributed by atoms with Crippen LogP contribution in [0, 0.1) is 17.6 Å². The van der Waals surface area contributed by atoms with E-state index in [2.05, 4.69) is 0 Å². The van der Waals surface area contributed by atoms with Gasteiger partial charge in [0.1, 0.15) is 11.9 Å². The van der Waals surface area contributed by atoms with Crippen LogP contribution in [-0.4, -0.2) is 12.6 Å². The van der Waals surface area contributed by atoms with Gasteiger partial charge in [-0.25, -0.2) is 8.78 Å². The molecule has 1 unspecified atom stereocenters. The molecule has 2 nitrogen and oxygen atoms in total. The van der Waals surface area contributed by atoms with E-state index in [4.69, 9.17) is 10.5 Å². The van der Waals surface area contributed by atoms with Crippen LogP contribution < -0.4 is 10.5 Å². The normalized spacial score (nSPS) is 12.9. The zero-order valence-electron chi connectivity index (χ0n) is 8.84. The highest BCUT2D eigenvalue weighted by molar-refractivity contribution is 5.25. The molecule has 0 aromatic heterocycles. The Labute approximate surface area is 88.0 Å². The predicted octanol–water partition coefficient (Wildman–Crippen LogP) is 2.33. The van der Waals surface area contributed by atoms with E-state index in [-0.39, 0.29) is 24.3 Å². The van der Waals surface area contributed by atoms with Gasteiger partial charge in [0.25, 0.3) is 0 Å². The predicted molar refractivity (Wildman–Crippen MR) is 54.7 cm³/mol. The first-order valence-corrected chi connectivity index (χ1v) is 4.86. The van der Waals surface area contributed by atoms with Crippen molar-refractivity contribution in [2.45, 2.75) is 20.0 Å². The molecule has 0 saturated carbocycles. The van der Waals surface area contributed by atoms with Crippen molar-refractivity contribution < 1.29 is 13.5 Å². The van der Waals surface area contributed by atoms with Crippen LogP contribution in [-0.2, 0) is 0 Å². The van der Waals surface area contributed by atoms with E-state index in [1.165, 1.54) is 0 Å². The summed E-state index contributed by atoms with van der Waals surface area (Å²) in [4.78, 5) is 0. The SMILES string of the molecule is CC(C)C(CN)Oc1cc(F)ccc1F. The second-order valence-electron chi connectivity index (χ2n) is 3.71. The molecule has 0 fully saturated rings. The molecule has 0 aliphatic heterocycles. The Morgan fingerprint density at radius 2 is 2.00 bits per heavy atom. The van der Waals surface area contributed by atoms with Gasteiger partial charge in [-0.05, 0) is 18.1 Å². The summed E-state index contributed by atoms with van der Waals surface area (Å²) in [5.74, 6) is -1.03. The average molecular weight is 215 g/mol. The molecule has 1 aromatic rings. The summed E-state index contributed by atoms with van der Waals surface area (Å²) in [5.41, 5.74) is 5.47. The van der Waals surface area contributed by atoms with E-state index in [1.54, 1.807) is 0 Å². The van der Waals surface area contributed by atoms with Crippen LogP contribution in [0.15, 0.2) is 18.2 Å². The van der Waals surface area contributed by atoms with Crippen LogP contribution in [0.1, 0.15) is 13.8 Å². The molecule has 0 spiro atoms. The molecule has 0 heterocycles. The molecular weight excluding hydrogens is 200 g/mol. The number of hydrogen-bond acceptors (Lipinski definition) is 2. The molecule has 4 heteroatoms. The van der Waals surface area contributed by atoms with Gasteiger partial charge < -0.3 is 10.5 Å². The summed E-state index contributed by atoms with van der Waals surface area (Å²) in [5, 5.41) is 0. The third-order valence-corrected chi connectivity index (χ3v) is 2.15. The summed E-state index contributed by atoms with van der Waals surface area (Å²) in [7, 11) is 0. The maximum absolute atomic E-state index is 13.2. The minimum absolute atomic E-state index is 0.0841. The van der Waals surface area contributed by atoms with Crippen LogP contribution in [0.2, 0.25) is 0 Å². The third-order valence-electron chi connectivity index (χ3n) is 2.15. The van der Waals surface area contributed by atoms with Crippen LogP contribution in [0.25, 0.3) is 0 Å². The first-order chi connectivity index (χ1) is 7.04. The molecule has 15 heavy (non-hydrogen) atoms. The standard InChI is InChI=1S/C11H15F2NO/c1-7(2)11(6-14)15-10-5-8(12)3-4-9(10)13/h3-5,7,11H,6,14H2,1-2H3. The average Bonchev–Trinajstić information content (AvgIpc) is 2.18. The topological polar surface area (TPSA) is 35.2 Å². The van der Waals surface area contributed by atoms with Gasteiger partial charge in [0.15, 0.2) is 11.6 Å². The Bertz CT molecular complexity index is 328. The number of nitrogens with two attached hydrogens (primary N) is 1. The van der Waals surface area contributed by atoms with Crippen molar-refractivity contribution in [2.24, 2.45) is 11.7 Å². The van der Waals surface area contributed by atoms with Gasteiger partial charge in [0.2, 0.25) is 0 Å². The number of ether oxygens (including phenoxy) is 1. The van der Waals surface area contributed by atoms with E-state index in [1.807, 2.05) is 13.8 Å². The Hall–Kier alpha value is -1.16. The van der Waals surface area contributed by atoms with E-state index >= 15 is 0 Å². The van der Waals surface area contributed by atoms with Crippen LogP contribution >= 0.6 is 0 Å². The maximum atomic E-state index is 13.2. The van der Waals surface area contributed by atoms with Crippen molar-refractivity contribution in [1.29, 1.82) is 0 Å². The molecule has 84 valence electrons. The van der Waals surface area contributed by atoms with Gasteiger partial charge in [-0.3, -0.25) is 0 Å². The van der Waals surface area contributed by atoms with Gasteiger partial charge in [-0.15, -0.1) is 0 Å². The minimum Gasteiger partial charge on any atom is -0.486 e. The lowest BCUT2D eigenvalue weighted by Crippen LogP contribution is -2.32. The van der Waals surface area contributed by atoms with Crippen LogP contribution in [0.4, 0.5) is 8.78 Å². The molecular formula is C11H15F2NO.